The van der Waals surface area contributed by atoms with Gasteiger partial charge in [-0.2, -0.15) is 0 Å². The summed E-state index contributed by atoms with van der Waals surface area (Å²) in [7, 11) is 2.60. The zero-order chi connectivity index (χ0) is 45.5. The molecule has 2 saturated carbocycles. The number of carbonyl (C=O) groups is 4. The van der Waals surface area contributed by atoms with Gasteiger partial charge >= 0.3 is 12.2 Å². The number of methoxy groups -OCH3 is 2. The van der Waals surface area contributed by atoms with Crippen molar-refractivity contribution in [1.29, 1.82) is 0 Å². The van der Waals surface area contributed by atoms with Gasteiger partial charge in [-0.15, -0.1) is 0 Å². The Morgan fingerprint density at radius 2 is 1.04 bits per heavy atom. The Hall–Kier alpha value is -7.74. The van der Waals surface area contributed by atoms with E-state index < -0.39 is 24.3 Å². The van der Waals surface area contributed by atoms with Gasteiger partial charge in [-0.1, -0.05) is 97.1 Å². The van der Waals surface area contributed by atoms with Crippen LogP contribution in [-0.2, 0) is 19.1 Å². The van der Waals surface area contributed by atoms with Crippen molar-refractivity contribution >= 4 is 67.6 Å². The summed E-state index contributed by atoms with van der Waals surface area (Å²) in [5.41, 5.74) is 7.02. The first-order chi connectivity index (χ1) is 32.7. The first-order valence-corrected chi connectivity index (χ1v) is 23.0. The van der Waals surface area contributed by atoms with E-state index in [2.05, 4.69) is 81.3 Å². The number of aromatic nitrogens is 4. The molecule has 3 unspecified atom stereocenters. The van der Waals surface area contributed by atoms with Crippen molar-refractivity contribution in [3.8, 4) is 11.1 Å². The van der Waals surface area contributed by atoms with E-state index in [9.17, 15) is 19.2 Å². The molecule has 14 heteroatoms. The van der Waals surface area contributed by atoms with Gasteiger partial charge in [0, 0.05) is 22.9 Å². The van der Waals surface area contributed by atoms with Gasteiger partial charge in [-0.25, -0.2) is 19.6 Å². The quantitative estimate of drug-likeness (QED) is 0.111. The second-order valence-electron chi connectivity index (χ2n) is 18.5. The van der Waals surface area contributed by atoms with Crippen LogP contribution in [0.15, 0.2) is 121 Å². The van der Waals surface area contributed by atoms with Gasteiger partial charge in [0.25, 0.3) is 11.8 Å². The number of hydrogen-bond donors (Lipinski definition) is 4. The molecule has 0 radical (unpaired) electrons. The van der Waals surface area contributed by atoms with Crippen molar-refractivity contribution in [2.24, 2.45) is 11.8 Å². The summed E-state index contributed by atoms with van der Waals surface area (Å²) in [6, 6.07) is 37.7. The molecular weight excluding hydrogens is 845 g/mol. The van der Waals surface area contributed by atoms with E-state index in [0.717, 1.165) is 98.5 Å². The third kappa shape index (κ3) is 7.09. The average Bonchev–Trinajstić information content (AvgIpc) is 4.16. The molecule has 0 spiro atoms. The first kappa shape index (κ1) is 40.7. The maximum absolute atomic E-state index is 14.5. The first-order valence-electron chi connectivity index (χ1n) is 23.0. The number of piperidine rings is 2. The van der Waals surface area contributed by atoms with Crippen LogP contribution in [0.3, 0.4) is 0 Å². The van der Waals surface area contributed by atoms with E-state index in [-0.39, 0.29) is 36.0 Å². The predicted octanol–water partition coefficient (Wildman–Crippen LogP) is 9.32. The lowest BCUT2D eigenvalue weighted by Gasteiger charge is -2.37. The summed E-state index contributed by atoms with van der Waals surface area (Å²) in [5, 5.41) is 9.69. The molecule has 2 aromatic heterocycles. The molecule has 14 nitrogen and oxygen atoms in total. The smallest absolute Gasteiger partial charge is 0.407 e. The molecular formula is C53H48N8O6. The number of ether oxygens (including phenoxy) is 2. The van der Waals surface area contributed by atoms with Crippen LogP contribution in [0.25, 0.3) is 54.7 Å². The molecule has 67 heavy (non-hydrogen) atoms. The van der Waals surface area contributed by atoms with E-state index in [1.54, 1.807) is 0 Å². The van der Waals surface area contributed by atoms with Crippen LogP contribution in [0.5, 0.6) is 0 Å². The number of nitrogens with zero attached hydrogens (tertiary/aromatic N) is 4. The highest BCUT2D eigenvalue weighted by atomic mass is 16.5. The Kier molecular flexibility index (Phi) is 9.73. The van der Waals surface area contributed by atoms with Crippen LogP contribution < -0.4 is 10.6 Å². The SMILES string of the molecule is COC(=O)N[C@@H](C(=O)N1C2CC2C[C@H]1c1nc2c(ccc3cc(-c4ccc5c(ccc6[nH]c([C@@H]7CC[C@H]8CC8N7C(=O)[C@H](NC(=O)OC)c7ccccc7)nc65)c4)ccc32)[nH]1)c1ccccc1. The molecule has 8 atom stereocenters. The van der Waals surface area contributed by atoms with Crippen LogP contribution >= 0.6 is 0 Å². The number of aromatic amines is 2. The van der Waals surface area contributed by atoms with E-state index >= 15 is 0 Å². The molecule has 12 rings (SSSR count). The lowest BCUT2D eigenvalue weighted by molar-refractivity contribution is -0.138. The van der Waals surface area contributed by atoms with Crippen LogP contribution in [0.4, 0.5) is 9.59 Å². The third-order valence-corrected chi connectivity index (χ3v) is 14.6. The minimum absolute atomic E-state index is 0.0906. The lowest BCUT2D eigenvalue weighted by atomic mass is 9.98. The standard InChI is InChI=1S/C53H48N8O6/c1-66-52(64)58-44(28-9-5-3-6-10-28)50(62)60-40(22-17-34-25-41(34)60)48-54-38-20-15-32-23-30(13-18-36(32)46(38)56-48)31-14-19-37-33(24-31)16-21-39-47(37)57-49(55-39)43-27-35-26-42(35)61(43)51(63)45(59-53(65)67-2)29-11-7-4-8-12-29/h3-16,18-21,23-24,34-35,40-45H,17,22,25-27H2,1-2H3,(H,54,56)(H,55,57)(H,58,64)(H,59,65)/t34-,35?,40-,41?,42?,43-,44+,45+/m0/s1. The van der Waals surface area contributed by atoms with Crippen LogP contribution in [0, 0.1) is 11.8 Å². The van der Waals surface area contributed by atoms with Gasteiger partial charge in [0.05, 0.1) is 48.4 Å². The molecule has 4 aliphatic rings. The van der Waals surface area contributed by atoms with Gasteiger partial charge in [0.15, 0.2) is 0 Å². The number of carbonyl (C=O) groups excluding carboxylic acids is 4. The maximum Gasteiger partial charge on any atom is 0.407 e. The minimum Gasteiger partial charge on any atom is -0.453 e. The van der Waals surface area contributed by atoms with Crippen molar-refractivity contribution < 1.29 is 28.7 Å². The van der Waals surface area contributed by atoms with E-state index in [0.29, 0.717) is 23.0 Å². The van der Waals surface area contributed by atoms with E-state index in [1.165, 1.54) is 14.2 Å². The number of amides is 4. The van der Waals surface area contributed by atoms with Crippen molar-refractivity contribution in [1.82, 2.24) is 40.4 Å². The van der Waals surface area contributed by atoms with Gasteiger partial charge in [-0.3, -0.25) is 9.59 Å². The van der Waals surface area contributed by atoms with Crippen molar-refractivity contribution in [2.45, 2.75) is 68.4 Å². The molecule has 4 fully saturated rings. The normalized spacial score (nSPS) is 22.5. The number of imidazole rings is 2. The van der Waals surface area contributed by atoms with Gasteiger partial charge in [0.1, 0.15) is 23.7 Å². The molecule has 0 bridgehead atoms. The predicted molar refractivity (Wildman–Crippen MR) is 252 cm³/mol. The second kappa shape index (κ2) is 16.0. The third-order valence-electron chi connectivity index (χ3n) is 14.6. The Morgan fingerprint density at radius 3 is 1.57 bits per heavy atom. The summed E-state index contributed by atoms with van der Waals surface area (Å²) in [6.07, 6.45) is 3.14. The summed E-state index contributed by atoms with van der Waals surface area (Å²) in [4.78, 5) is 75.2. The lowest BCUT2D eigenvalue weighted by Crippen LogP contribution is -2.47. The minimum atomic E-state index is -0.889. The zero-order valence-electron chi connectivity index (χ0n) is 36.9. The maximum atomic E-state index is 14.5. The molecule has 4 amide bonds. The number of fused-ring (bicyclic) bond motifs is 8. The number of hydrogen-bond acceptors (Lipinski definition) is 8. The monoisotopic (exact) mass is 892 g/mol. The Bertz CT molecular complexity index is 3280. The highest BCUT2D eigenvalue weighted by Gasteiger charge is 2.56. The number of rotatable bonds is 9. The van der Waals surface area contributed by atoms with E-state index in [1.807, 2.05) is 70.5 Å². The fourth-order valence-electron chi connectivity index (χ4n) is 11.1. The summed E-state index contributed by atoms with van der Waals surface area (Å²) in [6.45, 7) is 0. The molecule has 6 aromatic carbocycles. The fraction of sp³-hybridized carbons (Fsp3) is 0.283. The highest BCUT2D eigenvalue weighted by Crippen LogP contribution is 2.54. The topological polar surface area (TPSA) is 175 Å². The molecule has 4 heterocycles. The summed E-state index contributed by atoms with van der Waals surface area (Å²) >= 11 is 0. The number of alkyl carbamates (subject to hydrolysis) is 2. The molecule has 4 N–H and O–H groups in total. The largest absolute Gasteiger partial charge is 0.453 e. The van der Waals surface area contributed by atoms with Crippen LogP contribution in [0.1, 0.15) is 79.0 Å². The number of likely N-dealkylation sites (tertiary alicyclic amines) is 2. The van der Waals surface area contributed by atoms with E-state index in [4.69, 9.17) is 19.4 Å². The molecule has 2 aliphatic heterocycles. The molecule has 2 saturated heterocycles. The van der Waals surface area contributed by atoms with Crippen LogP contribution in [0.2, 0.25) is 0 Å². The fourth-order valence-corrected chi connectivity index (χ4v) is 11.1. The Labute approximate surface area is 385 Å². The number of nitrogens with one attached hydrogen (secondary N) is 4. The van der Waals surface area contributed by atoms with Gasteiger partial charge < -0.3 is 39.9 Å². The zero-order valence-corrected chi connectivity index (χ0v) is 36.9. The van der Waals surface area contributed by atoms with Crippen molar-refractivity contribution in [3.05, 3.63) is 144 Å². The Morgan fingerprint density at radius 1 is 0.567 bits per heavy atom. The van der Waals surface area contributed by atoms with Crippen LogP contribution in [-0.4, -0.2) is 80.0 Å². The molecule has 2 aliphatic carbocycles. The molecule has 336 valence electrons. The number of H-pyrrole nitrogens is 2. The average molecular weight is 893 g/mol. The summed E-state index contributed by atoms with van der Waals surface area (Å²) < 4.78 is 9.84. The number of benzene rings is 6. The molecule has 8 aromatic rings. The van der Waals surface area contributed by atoms with Gasteiger partial charge in [0.2, 0.25) is 0 Å². The second-order valence-corrected chi connectivity index (χ2v) is 18.5. The Balaban J connectivity index is 0.823. The van der Waals surface area contributed by atoms with Crippen molar-refractivity contribution in [2.75, 3.05) is 14.2 Å². The highest BCUT2D eigenvalue weighted by molar-refractivity contribution is 6.07. The van der Waals surface area contributed by atoms with Crippen molar-refractivity contribution in [3.63, 3.8) is 0 Å². The van der Waals surface area contributed by atoms with Gasteiger partial charge in [-0.05, 0) is 101 Å². The summed E-state index contributed by atoms with van der Waals surface area (Å²) in [5.74, 6) is 1.98.